The summed E-state index contributed by atoms with van der Waals surface area (Å²) in [5, 5.41) is 7.44. The SMILES string of the molecule is C=CC1=C(CN(C)CC2CCCO2)C(=C)n2nc(CC)cc2N1CC(=O)Nc1ccc(F)cn1. The predicted octanol–water partition coefficient (Wildman–Crippen LogP) is 3.46. The Kier molecular flexibility index (Phi) is 7.23. The van der Waals surface area contributed by atoms with E-state index in [4.69, 9.17) is 9.84 Å². The number of nitrogens with zero attached hydrogens (tertiary/aromatic N) is 5. The summed E-state index contributed by atoms with van der Waals surface area (Å²) < 4.78 is 20.8. The molecule has 1 amide bonds. The number of hydrogen-bond donors (Lipinski definition) is 1. The Labute approximate surface area is 199 Å². The van der Waals surface area contributed by atoms with E-state index in [2.05, 4.69) is 35.4 Å². The van der Waals surface area contributed by atoms with Gasteiger partial charge in [0.05, 0.1) is 23.7 Å². The van der Waals surface area contributed by atoms with Gasteiger partial charge in [-0.2, -0.15) is 5.10 Å². The molecular formula is C25H31FN6O2. The lowest BCUT2D eigenvalue weighted by atomic mass is 10.1. The van der Waals surface area contributed by atoms with Crippen LogP contribution in [0.15, 0.2) is 54.9 Å². The summed E-state index contributed by atoms with van der Waals surface area (Å²) in [5.74, 6) is 0.293. The van der Waals surface area contributed by atoms with Gasteiger partial charge in [-0.15, -0.1) is 0 Å². The van der Waals surface area contributed by atoms with Crippen LogP contribution in [-0.4, -0.2) is 65.0 Å². The highest BCUT2D eigenvalue weighted by atomic mass is 19.1. The van der Waals surface area contributed by atoms with E-state index in [-0.39, 0.29) is 24.4 Å². The first-order valence-corrected chi connectivity index (χ1v) is 11.5. The number of ether oxygens (including phenoxy) is 1. The third-order valence-corrected chi connectivity index (χ3v) is 6.04. The fraction of sp³-hybridized carbons (Fsp3) is 0.400. The van der Waals surface area contributed by atoms with Gasteiger partial charge in [-0.1, -0.05) is 20.1 Å². The number of amides is 1. The molecule has 180 valence electrons. The van der Waals surface area contributed by atoms with Crippen LogP contribution >= 0.6 is 0 Å². The fourth-order valence-electron chi connectivity index (χ4n) is 4.36. The van der Waals surface area contributed by atoms with Crippen molar-refractivity contribution < 1.29 is 13.9 Å². The lowest BCUT2D eigenvalue weighted by molar-refractivity contribution is -0.114. The minimum atomic E-state index is -0.461. The van der Waals surface area contributed by atoms with Gasteiger partial charge in [-0.3, -0.25) is 9.69 Å². The molecule has 1 saturated heterocycles. The molecule has 1 N–H and O–H groups in total. The Morgan fingerprint density at radius 3 is 2.91 bits per heavy atom. The quantitative estimate of drug-likeness (QED) is 0.610. The van der Waals surface area contributed by atoms with Gasteiger partial charge >= 0.3 is 0 Å². The molecule has 2 aromatic rings. The Hall–Kier alpha value is -3.30. The van der Waals surface area contributed by atoms with Crippen molar-refractivity contribution in [3.63, 3.8) is 0 Å². The van der Waals surface area contributed by atoms with E-state index in [1.807, 2.05) is 17.9 Å². The molecule has 0 spiro atoms. The molecule has 2 aromatic heterocycles. The molecule has 1 unspecified atom stereocenters. The van der Waals surface area contributed by atoms with E-state index in [0.29, 0.717) is 6.54 Å². The van der Waals surface area contributed by atoms with E-state index >= 15 is 0 Å². The second-order valence-electron chi connectivity index (χ2n) is 8.60. The number of nitrogens with one attached hydrogen (secondary N) is 1. The normalized spacial score (nSPS) is 17.9. The van der Waals surface area contributed by atoms with Crippen molar-refractivity contribution in [1.29, 1.82) is 0 Å². The monoisotopic (exact) mass is 466 g/mol. The maximum Gasteiger partial charge on any atom is 0.245 e. The third kappa shape index (κ3) is 5.10. The third-order valence-electron chi connectivity index (χ3n) is 6.04. The molecule has 2 aliphatic heterocycles. The van der Waals surface area contributed by atoms with Gasteiger partial charge in [-0.25, -0.2) is 14.1 Å². The van der Waals surface area contributed by atoms with Crippen molar-refractivity contribution in [3.05, 3.63) is 66.4 Å². The van der Waals surface area contributed by atoms with Gasteiger partial charge in [0.25, 0.3) is 0 Å². The molecule has 0 aromatic carbocycles. The Bertz CT molecular complexity index is 1100. The number of anilines is 2. The summed E-state index contributed by atoms with van der Waals surface area (Å²) >= 11 is 0. The molecule has 0 bridgehead atoms. The fourth-order valence-corrected chi connectivity index (χ4v) is 4.36. The minimum Gasteiger partial charge on any atom is -0.377 e. The van der Waals surface area contributed by atoms with Gasteiger partial charge in [0, 0.05) is 37.0 Å². The Morgan fingerprint density at radius 1 is 1.44 bits per heavy atom. The lowest BCUT2D eigenvalue weighted by Crippen LogP contribution is -2.39. The zero-order valence-corrected chi connectivity index (χ0v) is 19.8. The lowest BCUT2D eigenvalue weighted by Gasteiger charge is -2.35. The van der Waals surface area contributed by atoms with Crippen LogP contribution in [0.5, 0.6) is 0 Å². The molecule has 4 rings (SSSR count). The standard InChI is InChI=1S/C25H31FN6O2/c1-5-19-12-25-31(16-24(33)28-23-10-9-18(26)13-27-23)22(6-2)21(17(3)32(25)29-19)15-30(4)14-20-8-7-11-34-20/h6,9-10,12-13,20H,2-3,5,7-8,11,14-16H2,1,4H3,(H,27,28,33). The summed E-state index contributed by atoms with van der Waals surface area (Å²) in [6, 6.07) is 4.65. The van der Waals surface area contributed by atoms with E-state index in [1.165, 1.54) is 12.1 Å². The zero-order valence-electron chi connectivity index (χ0n) is 19.8. The highest BCUT2D eigenvalue weighted by molar-refractivity contribution is 5.94. The topological polar surface area (TPSA) is 75.5 Å². The summed E-state index contributed by atoms with van der Waals surface area (Å²) in [5.41, 5.74) is 3.42. The largest absolute Gasteiger partial charge is 0.377 e. The molecule has 8 nitrogen and oxygen atoms in total. The summed E-state index contributed by atoms with van der Waals surface area (Å²) in [6.07, 6.45) is 5.96. The predicted molar refractivity (Wildman–Crippen MR) is 131 cm³/mol. The molecule has 0 radical (unpaired) electrons. The number of fused-ring (bicyclic) bond motifs is 1. The first kappa shape index (κ1) is 23.8. The molecular weight excluding hydrogens is 435 g/mol. The number of allylic oxidation sites excluding steroid dienone is 1. The average molecular weight is 467 g/mol. The average Bonchev–Trinajstić information content (AvgIpc) is 3.48. The van der Waals surface area contributed by atoms with Crippen LogP contribution in [0.1, 0.15) is 25.5 Å². The van der Waals surface area contributed by atoms with Crippen LogP contribution < -0.4 is 10.2 Å². The van der Waals surface area contributed by atoms with Crippen molar-refractivity contribution in [2.45, 2.75) is 32.3 Å². The summed E-state index contributed by atoms with van der Waals surface area (Å²) in [6.45, 7) is 12.6. The van der Waals surface area contributed by atoms with Gasteiger partial charge in [-0.05, 0) is 44.5 Å². The van der Waals surface area contributed by atoms with Crippen LogP contribution in [0, 0.1) is 5.82 Å². The Balaban J connectivity index is 1.61. The molecule has 4 heterocycles. The second-order valence-corrected chi connectivity index (χ2v) is 8.60. The molecule has 0 aliphatic carbocycles. The minimum absolute atomic E-state index is 0.0154. The van der Waals surface area contributed by atoms with Crippen molar-refractivity contribution in [2.24, 2.45) is 0 Å². The molecule has 0 saturated carbocycles. The molecule has 1 atom stereocenters. The zero-order chi connectivity index (χ0) is 24.2. The first-order chi connectivity index (χ1) is 16.4. The van der Waals surface area contributed by atoms with E-state index in [9.17, 15) is 9.18 Å². The summed E-state index contributed by atoms with van der Waals surface area (Å²) in [4.78, 5) is 20.9. The number of pyridine rings is 1. The number of likely N-dealkylation sites (N-methyl/N-ethyl adjacent to an activating group) is 1. The number of aryl methyl sites for hydroxylation is 1. The van der Waals surface area contributed by atoms with Gasteiger partial charge < -0.3 is 15.0 Å². The van der Waals surface area contributed by atoms with Crippen molar-refractivity contribution in [3.8, 4) is 0 Å². The number of halogens is 1. The summed E-state index contributed by atoms with van der Waals surface area (Å²) in [7, 11) is 2.05. The van der Waals surface area contributed by atoms with Crippen molar-refractivity contribution >= 4 is 23.2 Å². The van der Waals surface area contributed by atoms with Crippen molar-refractivity contribution in [1.82, 2.24) is 19.7 Å². The van der Waals surface area contributed by atoms with Crippen molar-refractivity contribution in [2.75, 3.05) is 43.5 Å². The number of carbonyl (C=O) groups excluding carboxylic acids is 1. The smallest absolute Gasteiger partial charge is 0.245 e. The number of carbonyl (C=O) groups is 1. The van der Waals surface area contributed by atoms with Crippen LogP contribution in [-0.2, 0) is 16.0 Å². The number of aromatic nitrogens is 3. The molecule has 9 heteroatoms. The second kappa shape index (κ2) is 10.3. The van der Waals surface area contributed by atoms with E-state index < -0.39 is 5.82 Å². The van der Waals surface area contributed by atoms with Crippen LogP contribution in [0.25, 0.3) is 5.70 Å². The van der Waals surface area contributed by atoms with Crippen LogP contribution in [0.4, 0.5) is 16.0 Å². The maximum atomic E-state index is 13.2. The number of rotatable bonds is 9. The van der Waals surface area contributed by atoms with E-state index in [0.717, 1.165) is 67.1 Å². The molecule has 34 heavy (non-hydrogen) atoms. The Morgan fingerprint density at radius 2 is 2.26 bits per heavy atom. The molecule has 2 aliphatic rings. The maximum absolute atomic E-state index is 13.2. The van der Waals surface area contributed by atoms with E-state index in [1.54, 1.807) is 10.8 Å². The highest BCUT2D eigenvalue weighted by Gasteiger charge is 2.30. The van der Waals surface area contributed by atoms with Crippen LogP contribution in [0.3, 0.4) is 0 Å². The number of hydrogen-bond acceptors (Lipinski definition) is 6. The van der Waals surface area contributed by atoms with Gasteiger partial charge in [0.15, 0.2) is 0 Å². The van der Waals surface area contributed by atoms with Gasteiger partial charge in [0.1, 0.15) is 24.0 Å². The molecule has 1 fully saturated rings. The highest BCUT2D eigenvalue weighted by Crippen LogP contribution is 2.35. The van der Waals surface area contributed by atoms with Gasteiger partial charge in [0.2, 0.25) is 5.91 Å². The first-order valence-electron chi connectivity index (χ1n) is 11.5. The van der Waals surface area contributed by atoms with Crippen LogP contribution in [0.2, 0.25) is 0 Å².